The van der Waals surface area contributed by atoms with Crippen molar-refractivity contribution in [3.63, 3.8) is 0 Å². The number of nitrogens with two attached hydrogens (primary N) is 1. The Morgan fingerprint density at radius 2 is 2.45 bits per heavy atom. The molecule has 1 aliphatic rings. The van der Waals surface area contributed by atoms with Crippen molar-refractivity contribution in [3.05, 3.63) is 10.6 Å². The summed E-state index contributed by atoms with van der Waals surface area (Å²) in [6.45, 7) is 2.19. The lowest BCUT2D eigenvalue weighted by atomic mass is 10.2. The lowest BCUT2D eigenvalue weighted by Crippen LogP contribution is -2.28. The molecule has 0 unspecified atom stereocenters. The fraction of sp³-hybridized carbons (Fsp3) is 0.571. The standard InChI is InChI=1S/C7H11N3S/c1-10-3-2-5-6(4-10)11-7(8)9-5/h2-4H2,1H3,(H2,8,9)/p+1. The van der Waals surface area contributed by atoms with Crippen molar-refractivity contribution in [1.82, 2.24) is 4.90 Å². The number of hydrogen-bond acceptors (Lipinski definition) is 3. The summed E-state index contributed by atoms with van der Waals surface area (Å²) in [5, 5.41) is 0.838. The quantitative estimate of drug-likeness (QED) is 0.601. The van der Waals surface area contributed by atoms with E-state index in [0.717, 1.165) is 24.6 Å². The maximum atomic E-state index is 5.65. The Morgan fingerprint density at radius 3 is 3.27 bits per heavy atom. The summed E-state index contributed by atoms with van der Waals surface area (Å²) in [6.07, 6.45) is 1.11. The zero-order valence-corrected chi connectivity index (χ0v) is 7.37. The normalized spacial score (nSPS) is 18.3. The van der Waals surface area contributed by atoms with Crippen LogP contribution in [0.3, 0.4) is 0 Å². The molecule has 3 nitrogen and oxygen atoms in total. The van der Waals surface area contributed by atoms with Gasteiger partial charge < -0.3 is 4.90 Å². The first-order chi connectivity index (χ1) is 5.25. The zero-order chi connectivity index (χ0) is 7.84. The maximum Gasteiger partial charge on any atom is 0.329 e. The van der Waals surface area contributed by atoms with Crippen LogP contribution < -0.4 is 10.7 Å². The van der Waals surface area contributed by atoms with Gasteiger partial charge in [0.1, 0.15) is 5.69 Å². The van der Waals surface area contributed by atoms with Gasteiger partial charge in [0.2, 0.25) is 0 Å². The molecule has 0 aliphatic carbocycles. The van der Waals surface area contributed by atoms with E-state index in [-0.39, 0.29) is 0 Å². The van der Waals surface area contributed by atoms with E-state index in [0.29, 0.717) is 0 Å². The van der Waals surface area contributed by atoms with Gasteiger partial charge in [0, 0.05) is 19.5 Å². The predicted molar refractivity (Wildman–Crippen MR) is 45.3 cm³/mol. The minimum absolute atomic E-state index is 0.838. The highest BCUT2D eigenvalue weighted by atomic mass is 32.1. The van der Waals surface area contributed by atoms with E-state index in [1.165, 1.54) is 10.6 Å². The third-order valence-corrected chi connectivity index (χ3v) is 2.94. The highest BCUT2D eigenvalue weighted by Gasteiger charge is 2.19. The van der Waals surface area contributed by atoms with Crippen molar-refractivity contribution >= 4 is 16.5 Å². The first-order valence-electron chi connectivity index (χ1n) is 3.73. The van der Waals surface area contributed by atoms with Crippen molar-refractivity contribution in [1.29, 1.82) is 0 Å². The van der Waals surface area contributed by atoms with Crippen LogP contribution in [0.1, 0.15) is 10.6 Å². The van der Waals surface area contributed by atoms with Gasteiger partial charge in [0.15, 0.2) is 0 Å². The number of rotatable bonds is 0. The van der Waals surface area contributed by atoms with Crippen LogP contribution in [0, 0.1) is 0 Å². The number of thiazole rings is 1. The molecule has 0 fully saturated rings. The Labute approximate surface area is 69.8 Å². The number of nitrogen functional groups attached to an aromatic ring is 1. The Bertz CT molecular complexity index is 269. The topological polar surface area (TPSA) is 43.4 Å². The van der Waals surface area contributed by atoms with Gasteiger partial charge in [-0.25, -0.2) is 4.98 Å². The summed E-state index contributed by atoms with van der Waals surface area (Å²) < 4.78 is 0. The van der Waals surface area contributed by atoms with E-state index in [1.54, 1.807) is 11.3 Å². The molecule has 4 heteroatoms. The minimum Gasteiger partial charge on any atom is -0.301 e. The van der Waals surface area contributed by atoms with Crippen LogP contribution in [-0.4, -0.2) is 18.5 Å². The first kappa shape index (κ1) is 7.06. The Kier molecular flexibility index (Phi) is 1.58. The van der Waals surface area contributed by atoms with Crippen LogP contribution in [-0.2, 0) is 13.0 Å². The highest BCUT2D eigenvalue weighted by Crippen LogP contribution is 2.21. The molecule has 0 radical (unpaired) electrons. The molecule has 0 saturated carbocycles. The third-order valence-electron chi connectivity index (χ3n) is 2.00. The number of hydrogen-bond donors (Lipinski definition) is 1. The first-order valence-corrected chi connectivity index (χ1v) is 4.55. The smallest absolute Gasteiger partial charge is 0.301 e. The SMILES string of the molecule is CN1CCc2[nH+]c(N)sc2C1. The molecule has 0 spiro atoms. The van der Waals surface area contributed by atoms with Crippen LogP contribution >= 0.6 is 11.3 Å². The molecule has 11 heavy (non-hydrogen) atoms. The Morgan fingerprint density at radius 1 is 1.64 bits per heavy atom. The van der Waals surface area contributed by atoms with Crippen LogP contribution in [0.5, 0.6) is 0 Å². The predicted octanol–water partition coefficient (Wildman–Crippen LogP) is 0.132. The largest absolute Gasteiger partial charge is 0.329 e. The van der Waals surface area contributed by atoms with Gasteiger partial charge in [-0.1, -0.05) is 11.3 Å². The minimum atomic E-state index is 0.838. The van der Waals surface area contributed by atoms with Gasteiger partial charge in [-0.15, -0.1) is 0 Å². The van der Waals surface area contributed by atoms with E-state index in [1.807, 2.05) is 0 Å². The van der Waals surface area contributed by atoms with Crippen LogP contribution in [0.15, 0.2) is 0 Å². The number of aromatic nitrogens is 1. The van der Waals surface area contributed by atoms with Gasteiger partial charge in [0.25, 0.3) is 0 Å². The van der Waals surface area contributed by atoms with E-state index in [9.17, 15) is 0 Å². The second-order valence-corrected chi connectivity index (χ2v) is 4.12. The fourth-order valence-electron chi connectivity index (χ4n) is 1.39. The highest BCUT2D eigenvalue weighted by molar-refractivity contribution is 7.15. The number of H-pyrrole nitrogens is 1. The van der Waals surface area contributed by atoms with Crippen molar-refractivity contribution < 1.29 is 4.98 Å². The van der Waals surface area contributed by atoms with E-state index in [4.69, 9.17) is 5.73 Å². The van der Waals surface area contributed by atoms with Crippen LogP contribution in [0.4, 0.5) is 5.13 Å². The van der Waals surface area contributed by atoms with Gasteiger partial charge >= 0.3 is 5.13 Å². The summed E-state index contributed by atoms with van der Waals surface area (Å²) >= 11 is 1.67. The van der Waals surface area contributed by atoms with Gasteiger partial charge in [0.05, 0.1) is 4.88 Å². The van der Waals surface area contributed by atoms with Crippen molar-refractivity contribution in [2.75, 3.05) is 19.3 Å². The molecule has 60 valence electrons. The Balaban J connectivity index is 2.34. The molecular weight excluding hydrogens is 158 g/mol. The summed E-state index contributed by atoms with van der Waals surface area (Å²) in [7, 11) is 2.14. The molecule has 0 saturated heterocycles. The van der Waals surface area contributed by atoms with Crippen LogP contribution in [0.2, 0.25) is 0 Å². The van der Waals surface area contributed by atoms with E-state index < -0.39 is 0 Å². The molecule has 1 aromatic rings. The van der Waals surface area contributed by atoms with E-state index in [2.05, 4.69) is 16.9 Å². The molecule has 0 amide bonds. The average Bonchev–Trinajstić information content (AvgIpc) is 2.27. The zero-order valence-electron chi connectivity index (χ0n) is 6.55. The molecule has 0 bridgehead atoms. The fourth-order valence-corrected chi connectivity index (χ4v) is 2.40. The number of likely N-dealkylation sites (N-methyl/N-ethyl adjacent to an activating group) is 1. The average molecular weight is 170 g/mol. The molecule has 1 aromatic heterocycles. The van der Waals surface area contributed by atoms with Crippen molar-refractivity contribution in [3.8, 4) is 0 Å². The van der Waals surface area contributed by atoms with Gasteiger partial charge in [-0.05, 0) is 7.05 Å². The summed E-state index contributed by atoms with van der Waals surface area (Å²) in [6, 6.07) is 0. The van der Waals surface area contributed by atoms with Crippen molar-refractivity contribution in [2.24, 2.45) is 0 Å². The lowest BCUT2D eigenvalue weighted by molar-refractivity contribution is -0.368. The van der Waals surface area contributed by atoms with E-state index >= 15 is 0 Å². The molecule has 1 aliphatic heterocycles. The summed E-state index contributed by atoms with van der Waals surface area (Å²) in [5.41, 5.74) is 6.99. The van der Waals surface area contributed by atoms with Crippen molar-refractivity contribution in [2.45, 2.75) is 13.0 Å². The van der Waals surface area contributed by atoms with Gasteiger partial charge in [-0.3, -0.25) is 5.73 Å². The maximum absolute atomic E-state index is 5.65. The summed E-state index contributed by atoms with van der Waals surface area (Å²) in [5.74, 6) is 0. The number of nitrogens with one attached hydrogen (secondary N) is 1. The molecule has 2 heterocycles. The molecule has 0 aromatic carbocycles. The van der Waals surface area contributed by atoms with Crippen LogP contribution in [0.25, 0.3) is 0 Å². The summed E-state index contributed by atoms with van der Waals surface area (Å²) in [4.78, 5) is 6.90. The second kappa shape index (κ2) is 2.46. The third kappa shape index (κ3) is 1.23. The van der Waals surface area contributed by atoms with Gasteiger partial charge in [-0.2, -0.15) is 0 Å². The lowest BCUT2D eigenvalue weighted by Gasteiger charge is -2.19. The number of fused-ring (bicyclic) bond motifs is 1. The molecular formula is C7H12N3S+. The number of nitrogens with zero attached hydrogens (tertiary/aromatic N) is 1. The second-order valence-electron chi connectivity index (χ2n) is 2.98. The molecule has 3 N–H and O–H groups in total. The molecule has 2 rings (SSSR count). The number of aromatic amines is 1. The number of anilines is 1. The Hall–Kier alpha value is -0.610. The molecule has 0 atom stereocenters. The monoisotopic (exact) mass is 170 g/mol.